The summed E-state index contributed by atoms with van der Waals surface area (Å²) in [7, 11) is 0. The van der Waals surface area contributed by atoms with Crippen molar-refractivity contribution in [2.24, 2.45) is 22.7 Å². The molecule has 0 aliphatic heterocycles. The molecule has 2 aliphatic rings. The molecule has 2 aliphatic carbocycles. The zero-order valence-electron chi connectivity index (χ0n) is 24.3. The lowest BCUT2D eigenvalue weighted by Gasteiger charge is -2.42. The van der Waals surface area contributed by atoms with Gasteiger partial charge in [0.25, 0.3) is 0 Å². The number of rotatable bonds is 15. The van der Waals surface area contributed by atoms with Crippen molar-refractivity contribution in [1.29, 1.82) is 0 Å². The molecule has 0 aromatic carbocycles. The van der Waals surface area contributed by atoms with Gasteiger partial charge in [-0.25, -0.2) is 0 Å². The lowest BCUT2D eigenvalue weighted by atomic mass is 9.74. The normalized spacial score (nSPS) is 20.2. The fourth-order valence-electron chi connectivity index (χ4n) is 4.63. The minimum Gasteiger partial charge on any atom is -0.376 e. The van der Waals surface area contributed by atoms with E-state index in [4.69, 9.17) is 9.47 Å². The van der Waals surface area contributed by atoms with Crippen LogP contribution in [0.5, 0.6) is 0 Å². The number of amides is 2. The number of alkyl halides is 8. The minimum absolute atomic E-state index is 0.0111. The quantitative estimate of drug-likeness (QED) is 0.217. The lowest BCUT2D eigenvalue weighted by molar-refractivity contribution is -0.270. The van der Waals surface area contributed by atoms with E-state index in [0.717, 1.165) is 25.7 Å². The Morgan fingerprint density at radius 3 is 1.63 bits per heavy atom. The van der Waals surface area contributed by atoms with Crippen LogP contribution in [0.2, 0.25) is 0 Å². The van der Waals surface area contributed by atoms with E-state index in [0.29, 0.717) is 0 Å². The number of carbonyl (C=O) groups is 2. The third-order valence-electron chi connectivity index (χ3n) is 7.70. The SMILES string of the molecule is CC(OCC1CC1)C(NC(=O)C(F)(F)C(F)(F)F)C(C)(C)CCC(OCC1CC1)C(NC(=O)C(F)(F)F)C(C)(C)C. The van der Waals surface area contributed by atoms with E-state index in [-0.39, 0.29) is 37.9 Å². The molecule has 14 heteroatoms. The highest BCUT2D eigenvalue weighted by molar-refractivity contribution is 5.84. The van der Waals surface area contributed by atoms with Crippen molar-refractivity contribution in [2.75, 3.05) is 13.2 Å². The number of ether oxygens (including phenoxy) is 2. The van der Waals surface area contributed by atoms with Crippen molar-refractivity contribution < 1.29 is 54.2 Å². The molecule has 2 N–H and O–H groups in total. The van der Waals surface area contributed by atoms with Crippen molar-refractivity contribution in [3.8, 4) is 0 Å². The smallest absolute Gasteiger partial charge is 0.376 e. The second-order valence-corrected chi connectivity index (χ2v) is 13.2. The summed E-state index contributed by atoms with van der Waals surface area (Å²) in [4.78, 5) is 24.1. The van der Waals surface area contributed by atoms with Crippen molar-refractivity contribution in [2.45, 2.75) is 123 Å². The molecule has 240 valence electrons. The molecule has 6 nitrogen and oxygen atoms in total. The molecule has 41 heavy (non-hydrogen) atoms. The average Bonchev–Trinajstić information content (AvgIpc) is 3.72. The molecule has 4 atom stereocenters. The summed E-state index contributed by atoms with van der Waals surface area (Å²) >= 11 is 0. The highest BCUT2D eigenvalue weighted by Gasteiger charge is 2.64. The van der Waals surface area contributed by atoms with E-state index in [1.54, 1.807) is 34.6 Å². The van der Waals surface area contributed by atoms with Gasteiger partial charge in [-0.15, -0.1) is 0 Å². The van der Waals surface area contributed by atoms with Gasteiger partial charge in [-0.05, 0) is 68.1 Å². The molecule has 0 bridgehead atoms. The second-order valence-electron chi connectivity index (χ2n) is 13.2. The molecular weight excluding hydrogens is 568 g/mol. The van der Waals surface area contributed by atoms with Gasteiger partial charge in [0.15, 0.2) is 0 Å². The van der Waals surface area contributed by atoms with E-state index in [2.05, 4.69) is 0 Å². The molecule has 0 aromatic heterocycles. The average molecular weight is 611 g/mol. The van der Waals surface area contributed by atoms with E-state index < -0.39 is 65.2 Å². The van der Waals surface area contributed by atoms with Gasteiger partial charge in [-0.3, -0.25) is 9.59 Å². The van der Waals surface area contributed by atoms with Crippen LogP contribution in [0.25, 0.3) is 0 Å². The summed E-state index contributed by atoms with van der Waals surface area (Å²) in [6.07, 6.45) is -9.60. The first kappa shape index (κ1) is 35.5. The molecule has 2 amide bonds. The Bertz CT molecular complexity index is 893. The van der Waals surface area contributed by atoms with Crippen LogP contribution in [0.1, 0.15) is 80.1 Å². The Hall–Kier alpha value is -1.70. The standard InChI is InChI=1S/C27H42F8N2O4/c1-15(40-13-16-7-8-16)19(36-21(38)25(28,29)27(33,34)35)24(5,6)12-11-18(41-14-17-9-10-17)20(23(2,3)4)37-22(39)26(30,31)32/h15-20H,7-14H2,1-6H3,(H,36,38)(H,37,39). The van der Waals surface area contributed by atoms with Crippen molar-refractivity contribution in [3.05, 3.63) is 0 Å². The monoisotopic (exact) mass is 610 g/mol. The molecule has 0 heterocycles. The summed E-state index contributed by atoms with van der Waals surface area (Å²) in [5.41, 5.74) is -2.08. The maximum absolute atomic E-state index is 13.9. The number of halogens is 8. The third-order valence-corrected chi connectivity index (χ3v) is 7.70. The van der Waals surface area contributed by atoms with Crippen LogP contribution in [0.4, 0.5) is 35.1 Å². The third kappa shape index (κ3) is 10.5. The molecule has 0 aromatic rings. The van der Waals surface area contributed by atoms with Crippen LogP contribution in [0.15, 0.2) is 0 Å². The van der Waals surface area contributed by atoms with Crippen molar-refractivity contribution >= 4 is 11.8 Å². The summed E-state index contributed by atoms with van der Waals surface area (Å²) < 4.78 is 118. The van der Waals surface area contributed by atoms with Crippen LogP contribution in [0, 0.1) is 22.7 Å². The zero-order chi connectivity index (χ0) is 31.6. The number of carbonyl (C=O) groups excluding carboxylic acids is 2. The fourth-order valence-corrected chi connectivity index (χ4v) is 4.63. The Morgan fingerprint density at radius 1 is 0.756 bits per heavy atom. The van der Waals surface area contributed by atoms with Crippen molar-refractivity contribution in [1.82, 2.24) is 10.6 Å². The molecule has 2 fully saturated rings. The van der Waals surface area contributed by atoms with E-state index in [1.807, 2.05) is 10.6 Å². The number of hydrogen-bond donors (Lipinski definition) is 2. The molecule has 2 rings (SSSR count). The highest BCUT2D eigenvalue weighted by Crippen LogP contribution is 2.39. The second kappa shape index (κ2) is 12.9. The summed E-state index contributed by atoms with van der Waals surface area (Å²) in [6, 6.07) is -2.43. The van der Waals surface area contributed by atoms with E-state index >= 15 is 0 Å². The molecule has 0 saturated heterocycles. The van der Waals surface area contributed by atoms with E-state index in [1.165, 1.54) is 6.92 Å². The zero-order valence-corrected chi connectivity index (χ0v) is 24.3. The van der Waals surface area contributed by atoms with Gasteiger partial charge in [-0.1, -0.05) is 34.6 Å². The van der Waals surface area contributed by atoms with Gasteiger partial charge in [0.05, 0.1) is 24.3 Å². The van der Waals surface area contributed by atoms with Gasteiger partial charge in [0.2, 0.25) is 0 Å². The van der Waals surface area contributed by atoms with Gasteiger partial charge < -0.3 is 20.1 Å². The van der Waals surface area contributed by atoms with Crippen LogP contribution in [0.3, 0.4) is 0 Å². The molecular formula is C27H42F8N2O4. The molecule has 4 unspecified atom stereocenters. The summed E-state index contributed by atoms with van der Waals surface area (Å²) in [6.45, 7) is 9.90. The van der Waals surface area contributed by atoms with E-state index in [9.17, 15) is 44.7 Å². The van der Waals surface area contributed by atoms with Crippen LogP contribution < -0.4 is 10.6 Å². The Morgan fingerprint density at radius 2 is 1.22 bits per heavy atom. The van der Waals surface area contributed by atoms with Crippen LogP contribution in [-0.2, 0) is 19.1 Å². The maximum Gasteiger partial charge on any atom is 0.471 e. The topological polar surface area (TPSA) is 76.7 Å². The minimum atomic E-state index is -6.11. The predicted molar refractivity (Wildman–Crippen MR) is 134 cm³/mol. The Labute approximate surface area is 235 Å². The van der Waals surface area contributed by atoms with Gasteiger partial charge in [-0.2, -0.15) is 35.1 Å². The first-order valence-corrected chi connectivity index (χ1v) is 13.8. The Kier molecular flexibility index (Phi) is 11.2. The van der Waals surface area contributed by atoms with Crippen LogP contribution in [-0.4, -0.2) is 67.6 Å². The van der Waals surface area contributed by atoms with Crippen molar-refractivity contribution in [3.63, 3.8) is 0 Å². The fraction of sp³-hybridized carbons (Fsp3) is 0.926. The first-order chi connectivity index (χ1) is 18.5. The summed E-state index contributed by atoms with van der Waals surface area (Å²) in [5.74, 6) is -9.85. The highest BCUT2D eigenvalue weighted by atomic mass is 19.4. The largest absolute Gasteiger partial charge is 0.471 e. The van der Waals surface area contributed by atoms with Gasteiger partial charge in [0.1, 0.15) is 0 Å². The first-order valence-electron chi connectivity index (χ1n) is 13.8. The summed E-state index contributed by atoms with van der Waals surface area (Å²) in [5, 5.41) is 3.88. The number of nitrogens with one attached hydrogen (secondary N) is 2. The van der Waals surface area contributed by atoms with Gasteiger partial charge in [0, 0.05) is 13.2 Å². The lowest BCUT2D eigenvalue weighted by Crippen LogP contribution is -2.59. The van der Waals surface area contributed by atoms with Crippen LogP contribution >= 0.6 is 0 Å². The molecule has 0 radical (unpaired) electrons. The Balaban J connectivity index is 2.30. The number of hydrogen-bond acceptors (Lipinski definition) is 4. The molecule has 0 spiro atoms. The maximum atomic E-state index is 13.9. The predicted octanol–water partition coefficient (Wildman–Crippen LogP) is 6.18. The molecule has 2 saturated carbocycles. The van der Waals surface area contributed by atoms with Gasteiger partial charge >= 0.3 is 30.1 Å².